The van der Waals surface area contributed by atoms with Crippen LogP contribution in [-0.4, -0.2) is 36.2 Å². The first-order valence-corrected chi connectivity index (χ1v) is 11.6. The number of ether oxygens (including phenoxy) is 1. The van der Waals surface area contributed by atoms with Crippen molar-refractivity contribution in [3.05, 3.63) is 64.7 Å². The molecule has 1 saturated heterocycles. The molecule has 1 saturated carbocycles. The first kappa shape index (κ1) is 24.4. The predicted octanol–water partition coefficient (Wildman–Crippen LogP) is 2.88. The number of hydrazine groups is 1. The fourth-order valence-electron chi connectivity index (χ4n) is 4.47. The van der Waals surface area contributed by atoms with Gasteiger partial charge in [0.2, 0.25) is 11.8 Å². The van der Waals surface area contributed by atoms with Gasteiger partial charge >= 0.3 is 5.97 Å². The Morgan fingerprint density at radius 1 is 0.971 bits per heavy atom. The molecule has 3 atom stereocenters. The minimum Gasteiger partial charge on any atom is -0.452 e. The number of hydrogen-bond acceptors (Lipinski definition) is 6. The third-order valence-electron chi connectivity index (χ3n) is 6.28. The maximum absolute atomic E-state index is 12.9. The third-order valence-corrected chi connectivity index (χ3v) is 6.54. The van der Waals surface area contributed by atoms with Crippen LogP contribution >= 0.6 is 11.6 Å². The van der Waals surface area contributed by atoms with E-state index in [1.165, 1.54) is 36.4 Å². The van der Waals surface area contributed by atoms with Gasteiger partial charge in [-0.1, -0.05) is 24.6 Å². The number of esters is 1. The first-order chi connectivity index (χ1) is 16.7. The molecule has 2 N–H and O–H groups in total. The quantitative estimate of drug-likeness (QED) is 0.372. The molecule has 0 spiro atoms. The van der Waals surface area contributed by atoms with Crippen molar-refractivity contribution in [2.45, 2.75) is 26.2 Å². The summed E-state index contributed by atoms with van der Waals surface area (Å²) in [4.78, 5) is 63.4. The van der Waals surface area contributed by atoms with Gasteiger partial charge in [-0.3, -0.25) is 34.9 Å². The number of carbonyl (C=O) groups is 5. The lowest BCUT2D eigenvalue weighted by atomic mass is 9.76. The number of benzene rings is 2. The molecular weight excluding hydrogens is 474 g/mol. The molecular formula is C25H24ClN3O6. The van der Waals surface area contributed by atoms with Gasteiger partial charge < -0.3 is 4.74 Å². The summed E-state index contributed by atoms with van der Waals surface area (Å²) in [6.45, 7) is 1.43. The number of imide groups is 1. The highest BCUT2D eigenvalue weighted by molar-refractivity contribution is 6.30. The lowest BCUT2D eigenvalue weighted by Crippen LogP contribution is -2.43. The Morgan fingerprint density at radius 2 is 1.69 bits per heavy atom. The van der Waals surface area contributed by atoms with Crippen LogP contribution in [0.15, 0.2) is 48.5 Å². The van der Waals surface area contributed by atoms with Gasteiger partial charge in [0.15, 0.2) is 6.61 Å². The minimum atomic E-state index is -0.809. The topological polar surface area (TPSA) is 122 Å². The van der Waals surface area contributed by atoms with Gasteiger partial charge in [-0.2, -0.15) is 0 Å². The normalized spacial score (nSPS) is 21.3. The van der Waals surface area contributed by atoms with Crippen LogP contribution in [0, 0.1) is 17.8 Å². The van der Waals surface area contributed by atoms with Crippen LogP contribution in [0.2, 0.25) is 5.02 Å². The Morgan fingerprint density at radius 3 is 2.43 bits per heavy atom. The van der Waals surface area contributed by atoms with Gasteiger partial charge in [0, 0.05) is 10.6 Å². The molecule has 9 nitrogen and oxygen atoms in total. The summed E-state index contributed by atoms with van der Waals surface area (Å²) in [5.74, 6) is -2.87. The molecule has 10 heteroatoms. The zero-order valence-electron chi connectivity index (χ0n) is 19.0. The van der Waals surface area contributed by atoms with Crippen LogP contribution < -0.4 is 15.8 Å². The summed E-state index contributed by atoms with van der Waals surface area (Å²) >= 11 is 5.77. The maximum atomic E-state index is 12.9. The average molecular weight is 498 g/mol. The number of halogens is 1. The fourth-order valence-corrected chi connectivity index (χ4v) is 4.59. The van der Waals surface area contributed by atoms with Crippen molar-refractivity contribution in [2.24, 2.45) is 17.8 Å². The number of nitrogens with zero attached hydrogens (tertiary/aromatic N) is 1. The predicted molar refractivity (Wildman–Crippen MR) is 126 cm³/mol. The van der Waals surface area contributed by atoms with E-state index in [0.717, 1.165) is 11.3 Å². The van der Waals surface area contributed by atoms with Gasteiger partial charge in [-0.25, -0.2) is 4.79 Å². The van der Waals surface area contributed by atoms with Crippen molar-refractivity contribution in [1.29, 1.82) is 0 Å². The monoisotopic (exact) mass is 497 g/mol. The molecule has 1 aliphatic heterocycles. The van der Waals surface area contributed by atoms with Crippen molar-refractivity contribution in [3.8, 4) is 0 Å². The van der Waals surface area contributed by atoms with E-state index in [9.17, 15) is 24.0 Å². The maximum Gasteiger partial charge on any atom is 0.338 e. The van der Waals surface area contributed by atoms with E-state index in [1.807, 2.05) is 0 Å². The number of anilines is 1. The van der Waals surface area contributed by atoms with E-state index < -0.39 is 24.4 Å². The highest BCUT2D eigenvalue weighted by atomic mass is 35.5. The Balaban J connectivity index is 1.33. The molecule has 0 aromatic heterocycles. The Kier molecular flexibility index (Phi) is 7.16. The molecule has 4 amide bonds. The Hall–Kier alpha value is -3.72. The van der Waals surface area contributed by atoms with E-state index in [4.69, 9.17) is 16.3 Å². The second-order valence-electron chi connectivity index (χ2n) is 8.78. The fraction of sp³-hybridized carbons (Fsp3) is 0.320. The van der Waals surface area contributed by atoms with E-state index in [0.29, 0.717) is 29.5 Å². The smallest absolute Gasteiger partial charge is 0.338 e. The van der Waals surface area contributed by atoms with Crippen molar-refractivity contribution in [3.63, 3.8) is 0 Å². The second kappa shape index (κ2) is 10.3. The first-order valence-electron chi connectivity index (χ1n) is 11.2. The molecule has 182 valence electrons. The standard InChI is InChI=1S/C25H24ClN3O6/c1-14-5-10-19-20(11-14)24(33)29(23(19)32)18-4-2-3-16(12-18)25(34)35-13-21(30)27-28-22(31)15-6-8-17(26)9-7-15/h2-4,6-9,12,14,19-20H,5,10-11,13H2,1H3,(H,27,30)(H,28,31)/t14-,19-,20-/m1/s1. The van der Waals surface area contributed by atoms with Gasteiger partial charge in [-0.05, 0) is 67.6 Å². The summed E-state index contributed by atoms with van der Waals surface area (Å²) in [5.41, 5.74) is 5.04. The molecule has 35 heavy (non-hydrogen) atoms. The van der Waals surface area contributed by atoms with Crippen LogP contribution in [0.25, 0.3) is 0 Å². The Bertz CT molecular complexity index is 1180. The average Bonchev–Trinajstić information content (AvgIpc) is 3.10. The van der Waals surface area contributed by atoms with Crippen LogP contribution in [-0.2, 0) is 19.1 Å². The molecule has 1 heterocycles. The largest absolute Gasteiger partial charge is 0.452 e. The lowest BCUT2D eigenvalue weighted by molar-refractivity contribution is -0.125. The number of rotatable bonds is 5. The van der Waals surface area contributed by atoms with Gasteiger partial charge in [0.05, 0.1) is 23.1 Å². The number of carbonyl (C=O) groups excluding carboxylic acids is 5. The Labute approximate surface area is 206 Å². The summed E-state index contributed by atoms with van der Waals surface area (Å²) in [5, 5.41) is 0.466. The zero-order valence-corrected chi connectivity index (χ0v) is 19.7. The number of hydrogen-bond donors (Lipinski definition) is 2. The van der Waals surface area contributed by atoms with Gasteiger partial charge in [0.25, 0.3) is 11.8 Å². The molecule has 2 fully saturated rings. The van der Waals surface area contributed by atoms with Gasteiger partial charge in [0.1, 0.15) is 0 Å². The van der Waals surface area contributed by atoms with Crippen molar-refractivity contribution >= 4 is 46.9 Å². The molecule has 2 aliphatic rings. The minimum absolute atomic E-state index is 0.0874. The van der Waals surface area contributed by atoms with Crippen molar-refractivity contribution in [2.75, 3.05) is 11.5 Å². The van der Waals surface area contributed by atoms with Crippen LogP contribution in [0.3, 0.4) is 0 Å². The van der Waals surface area contributed by atoms with Crippen LogP contribution in [0.5, 0.6) is 0 Å². The number of fused-ring (bicyclic) bond motifs is 1. The summed E-state index contributed by atoms with van der Waals surface area (Å²) < 4.78 is 5.02. The van der Waals surface area contributed by atoms with Crippen molar-refractivity contribution < 1.29 is 28.7 Å². The van der Waals surface area contributed by atoms with E-state index in [1.54, 1.807) is 12.1 Å². The van der Waals surface area contributed by atoms with E-state index in [2.05, 4.69) is 17.8 Å². The molecule has 0 radical (unpaired) electrons. The highest BCUT2D eigenvalue weighted by Crippen LogP contribution is 2.42. The molecule has 4 rings (SSSR count). The molecule has 2 aromatic carbocycles. The lowest BCUT2D eigenvalue weighted by Gasteiger charge is -2.25. The molecule has 2 aromatic rings. The zero-order chi connectivity index (χ0) is 25.1. The van der Waals surface area contributed by atoms with Crippen molar-refractivity contribution in [1.82, 2.24) is 10.9 Å². The second-order valence-corrected chi connectivity index (χ2v) is 9.22. The SMILES string of the molecule is C[C@@H]1CC[C@H]2C(=O)N(c3cccc(C(=O)OCC(=O)NNC(=O)c4ccc(Cl)cc4)c3)C(=O)[C@@H]2C1. The number of nitrogens with one attached hydrogen (secondary N) is 2. The van der Waals surface area contributed by atoms with Crippen LogP contribution in [0.4, 0.5) is 5.69 Å². The van der Waals surface area contributed by atoms with Crippen LogP contribution in [0.1, 0.15) is 46.9 Å². The van der Waals surface area contributed by atoms with E-state index in [-0.39, 0.29) is 34.8 Å². The number of amides is 4. The summed E-state index contributed by atoms with van der Waals surface area (Å²) in [6, 6.07) is 12.0. The van der Waals surface area contributed by atoms with E-state index >= 15 is 0 Å². The summed E-state index contributed by atoms with van der Waals surface area (Å²) in [7, 11) is 0. The molecule has 0 unspecified atom stereocenters. The molecule has 0 bridgehead atoms. The third kappa shape index (κ3) is 5.35. The summed E-state index contributed by atoms with van der Waals surface area (Å²) in [6.07, 6.45) is 2.26. The van der Waals surface area contributed by atoms with Gasteiger partial charge in [-0.15, -0.1) is 0 Å². The highest BCUT2D eigenvalue weighted by Gasteiger charge is 2.50. The molecule has 1 aliphatic carbocycles.